The largest absolute Gasteiger partial charge is 0.490 e. The zero-order valence-electron chi connectivity index (χ0n) is 10.3. The highest BCUT2D eigenvalue weighted by molar-refractivity contribution is 5.49. The molecule has 1 saturated carbocycles. The minimum Gasteiger partial charge on any atom is -0.490 e. The first-order valence-electron chi connectivity index (χ1n) is 6.22. The molecule has 0 bridgehead atoms. The van der Waals surface area contributed by atoms with Crippen molar-refractivity contribution in [2.75, 3.05) is 25.1 Å². The molecule has 0 amide bonds. The number of hydrogen-bond donors (Lipinski definition) is 2. The van der Waals surface area contributed by atoms with Crippen molar-refractivity contribution < 1.29 is 9.84 Å². The van der Waals surface area contributed by atoms with E-state index in [2.05, 4.69) is 17.2 Å². The molecule has 1 heterocycles. The first-order valence-corrected chi connectivity index (χ1v) is 6.22. The number of rotatable bonds is 7. The molecular formula is C13H20N2O2. The van der Waals surface area contributed by atoms with Gasteiger partial charge in [-0.1, -0.05) is 6.92 Å². The number of aromatic nitrogens is 1. The first-order chi connectivity index (χ1) is 8.29. The number of aliphatic hydroxyl groups excluding tert-OH is 1. The lowest BCUT2D eigenvalue weighted by molar-refractivity contribution is 0.219. The molecule has 0 radical (unpaired) electrons. The third-order valence-corrected chi connectivity index (χ3v) is 3.16. The Hall–Kier alpha value is -1.29. The van der Waals surface area contributed by atoms with Crippen LogP contribution in [-0.4, -0.2) is 29.8 Å². The summed E-state index contributed by atoms with van der Waals surface area (Å²) < 4.78 is 5.62. The minimum atomic E-state index is 0.0829. The van der Waals surface area contributed by atoms with E-state index in [0.29, 0.717) is 6.61 Å². The van der Waals surface area contributed by atoms with Gasteiger partial charge in [-0.3, -0.25) is 0 Å². The fourth-order valence-corrected chi connectivity index (χ4v) is 1.69. The van der Waals surface area contributed by atoms with Crippen LogP contribution in [0.1, 0.15) is 26.2 Å². The Bertz CT molecular complexity index is 364. The lowest BCUT2D eigenvalue weighted by atomic mass is 10.1. The Kier molecular flexibility index (Phi) is 3.84. The van der Waals surface area contributed by atoms with Gasteiger partial charge < -0.3 is 15.2 Å². The van der Waals surface area contributed by atoms with Gasteiger partial charge in [-0.25, -0.2) is 4.98 Å². The molecule has 4 nitrogen and oxygen atoms in total. The maximum Gasteiger partial charge on any atom is 0.168 e. The molecule has 1 aromatic rings. The normalized spacial score (nSPS) is 16.6. The van der Waals surface area contributed by atoms with E-state index in [4.69, 9.17) is 4.74 Å². The van der Waals surface area contributed by atoms with E-state index in [1.807, 2.05) is 12.1 Å². The van der Waals surface area contributed by atoms with Gasteiger partial charge in [0.15, 0.2) is 11.6 Å². The van der Waals surface area contributed by atoms with Crippen LogP contribution in [0, 0.1) is 5.41 Å². The molecule has 1 aromatic heterocycles. The van der Waals surface area contributed by atoms with Gasteiger partial charge in [-0.2, -0.15) is 0 Å². The molecule has 0 spiro atoms. The summed E-state index contributed by atoms with van der Waals surface area (Å²) in [7, 11) is 0. The van der Waals surface area contributed by atoms with Crippen LogP contribution in [0.15, 0.2) is 18.3 Å². The van der Waals surface area contributed by atoms with E-state index in [1.165, 1.54) is 0 Å². The van der Waals surface area contributed by atoms with E-state index in [9.17, 15) is 5.11 Å². The Morgan fingerprint density at radius 1 is 1.53 bits per heavy atom. The van der Waals surface area contributed by atoms with Gasteiger partial charge in [0.1, 0.15) is 0 Å². The summed E-state index contributed by atoms with van der Waals surface area (Å²) in [5.74, 6) is 1.57. The molecule has 1 aliphatic rings. The lowest BCUT2D eigenvalue weighted by Gasteiger charge is -2.15. The lowest BCUT2D eigenvalue weighted by Crippen LogP contribution is -2.20. The highest BCUT2D eigenvalue weighted by atomic mass is 16.5. The molecule has 94 valence electrons. The summed E-state index contributed by atoms with van der Waals surface area (Å²) in [5, 5.41) is 12.5. The smallest absolute Gasteiger partial charge is 0.168 e. The Labute approximate surface area is 102 Å². The van der Waals surface area contributed by atoms with Crippen LogP contribution in [0.2, 0.25) is 0 Å². The predicted molar refractivity (Wildman–Crippen MR) is 67.3 cm³/mol. The van der Waals surface area contributed by atoms with E-state index in [-0.39, 0.29) is 12.0 Å². The number of anilines is 1. The summed E-state index contributed by atoms with van der Waals surface area (Å²) in [4.78, 5) is 4.28. The number of nitrogens with zero attached hydrogens (tertiary/aromatic N) is 1. The monoisotopic (exact) mass is 236 g/mol. The van der Waals surface area contributed by atoms with Crippen LogP contribution in [0.5, 0.6) is 5.75 Å². The van der Waals surface area contributed by atoms with Crippen LogP contribution in [0.3, 0.4) is 0 Å². The second-order valence-electron chi connectivity index (χ2n) is 4.71. The summed E-state index contributed by atoms with van der Waals surface area (Å²) in [6, 6.07) is 3.79. The molecule has 1 fully saturated rings. The second kappa shape index (κ2) is 5.36. The summed E-state index contributed by atoms with van der Waals surface area (Å²) in [6.07, 6.45) is 4.91. The maximum atomic E-state index is 9.25. The fourth-order valence-electron chi connectivity index (χ4n) is 1.69. The average Bonchev–Trinajstić information content (AvgIpc) is 3.15. The van der Waals surface area contributed by atoms with Gasteiger partial charge >= 0.3 is 0 Å². The Balaban J connectivity index is 1.94. The molecule has 0 saturated heterocycles. The van der Waals surface area contributed by atoms with Crippen molar-refractivity contribution >= 4 is 5.82 Å². The predicted octanol–water partition coefficient (Wildman–Crippen LogP) is 2.05. The van der Waals surface area contributed by atoms with E-state index in [0.717, 1.165) is 37.4 Å². The summed E-state index contributed by atoms with van der Waals surface area (Å²) in [6.45, 7) is 3.79. The first kappa shape index (κ1) is 12.2. The van der Waals surface area contributed by atoms with Gasteiger partial charge in [0.2, 0.25) is 0 Å². The quantitative estimate of drug-likeness (QED) is 0.761. The molecule has 4 heteroatoms. The van der Waals surface area contributed by atoms with E-state index >= 15 is 0 Å². The van der Waals surface area contributed by atoms with Crippen LogP contribution in [0.4, 0.5) is 5.82 Å². The number of pyridine rings is 1. The minimum absolute atomic E-state index is 0.0829. The average molecular weight is 236 g/mol. The molecule has 0 atom stereocenters. The molecule has 2 rings (SSSR count). The van der Waals surface area contributed by atoms with Crippen LogP contribution < -0.4 is 10.1 Å². The molecule has 1 aliphatic carbocycles. The van der Waals surface area contributed by atoms with E-state index in [1.54, 1.807) is 6.20 Å². The highest BCUT2D eigenvalue weighted by Gasteiger charge is 2.41. The van der Waals surface area contributed by atoms with Crippen LogP contribution in [-0.2, 0) is 0 Å². The Morgan fingerprint density at radius 2 is 2.35 bits per heavy atom. The van der Waals surface area contributed by atoms with Crippen molar-refractivity contribution in [3.05, 3.63) is 18.3 Å². The van der Waals surface area contributed by atoms with E-state index < -0.39 is 0 Å². The number of hydrogen-bond acceptors (Lipinski definition) is 4. The van der Waals surface area contributed by atoms with Crippen molar-refractivity contribution in [2.24, 2.45) is 5.41 Å². The highest BCUT2D eigenvalue weighted by Crippen LogP contribution is 2.45. The number of nitrogens with one attached hydrogen (secondary N) is 1. The van der Waals surface area contributed by atoms with Gasteiger partial charge in [-0.15, -0.1) is 0 Å². The van der Waals surface area contributed by atoms with Gasteiger partial charge in [0.25, 0.3) is 0 Å². The van der Waals surface area contributed by atoms with Crippen LogP contribution in [0.25, 0.3) is 0 Å². The molecule has 0 aliphatic heterocycles. The fraction of sp³-hybridized carbons (Fsp3) is 0.615. The van der Waals surface area contributed by atoms with Gasteiger partial charge in [0, 0.05) is 18.2 Å². The van der Waals surface area contributed by atoms with Crippen molar-refractivity contribution in [3.8, 4) is 5.75 Å². The number of ether oxygens (including phenoxy) is 1. The zero-order chi connectivity index (χ0) is 12.1. The van der Waals surface area contributed by atoms with Crippen molar-refractivity contribution in [1.29, 1.82) is 0 Å². The Morgan fingerprint density at radius 3 is 3.00 bits per heavy atom. The van der Waals surface area contributed by atoms with Crippen LogP contribution >= 0.6 is 0 Å². The topological polar surface area (TPSA) is 54.4 Å². The third-order valence-electron chi connectivity index (χ3n) is 3.16. The summed E-state index contributed by atoms with van der Waals surface area (Å²) >= 11 is 0. The molecule has 0 aromatic carbocycles. The maximum absolute atomic E-state index is 9.25. The summed E-state index contributed by atoms with van der Waals surface area (Å²) in [5.41, 5.74) is 0.0829. The van der Waals surface area contributed by atoms with Crippen molar-refractivity contribution in [3.63, 3.8) is 0 Å². The van der Waals surface area contributed by atoms with Gasteiger partial charge in [-0.05, 0) is 31.4 Å². The second-order valence-corrected chi connectivity index (χ2v) is 4.71. The SMILES string of the molecule is CCCOc1cccnc1NCC1(CO)CC1. The third kappa shape index (κ3) is 3.09. The standard InChI is InChI=1S/C13H20N2O2/c1-2-8-17-11-4-3-7-14-12(11)15-9-13(10-16)5-6-13/h3-4,7,16H,2,5-6,8-10H2,1H3,(H,14,15). The molecule has 17 heavy (non-hydrogen) atoms. The number of aliphatic hydroxyl groups is 1. The molecule has 0 unspecified atom stereocenters. The van der Waals surface area contributed by atoms with Crippen molar-refractivity contribution in [1.82, 2.24) is 4.98 Å². The molecular weight excluding hydrogens is 216 g/mol. The zero-order valence-corrected chi connectivity index (χ0v) is 10.3. The molecule has 2 N–H and O–H groups in total. The van der Waals surface area contributed by atoms with Crippen molar-refractivity contribution in [2.45, 2.75) is 26.2 Å². The van der Waals surface area contributed by atoms with Gasteiger partial charge in [0.05, 0.1) is 13.2 Å².